The van der Waals surface area contributed by atoms with Gasteiger partial charge in [-0.3, -0.25) is 0 Å². The predicted molar refractivity (Wildman–Crippen MR) is 34.1 cm³/mol. The molecule has 0 aromatic rings. The van der Waals surface area contributed by atoms with Crippen LogP contribution in [0.3, 0.4) is 0 Å². The summed E-state index contributed by atoms with van der Waals surface area (Å²) in [7, 11) is 0. The standard InChI is InChI=1S/C5H14Ge/c1-5(2,3)6-4/h6H2,1-4H3. The van der Waals surface area contributed by atoms with Crippen LogP contribution in [0, 0.1) is 0 Å². The van der Waals surface area contributed by atoms with Gasteiger partial charge >= 0.3 is 46.2 Å². The van der Waals surface area contributed by atoms with Gasteiger partial charge in [-0.15, -0.1) is 0 Å². The molecular weight excluding hydrogens is 133 g/mol. The van der Waals surface area contributed by atoms with Gasteiger partial charge in [-0.25, -0.2) is 0 Å². The van der Waals surface area contributed by atoms with Gasteiger partial charge in [0.15, 0.2) is 0 Å². The number of hydrogen-bond acceptors (Lipinski definition) is 0. The summed E-state index contributed by atoms with van der Waals surface area (Å²) in [6.45, 7) is 6.98. The van der Waals surface area contributed by atoms with Gasteiger partial charge in [0, 0.05) is 0 Å². The third kappa shape index (κ3) is 4.54. The molecule has 0 N–H and O–H groups in total. The van der Waals surface area contributed by atoms with E-state index >= 15 is 0 Å². The molecule has 0 aliphatic heterocycles. The van der Waals surface area contributed by atoms with Crippen LogP contribution in [0.2, 0.25) is 10.0 Å². The van der Waals surface area contributed by atoms with Crippen molar-refractivity contribution in [2.75, 3.05) is 0 Å². The molecule has 0 aromatic carbocycles. The summed E-state index contributed by atoms with van der Waals surface area (Å²) < 4.78 is 0.729. The maximum absolute atomic E-state index is 2.40. The van der Waals surface area contributed by atoms with Gasteiger partial charge in [0.1, 0.15) is 0 Å². The van der Waals surface area contributed by atoms with Crippen molar-refractivity contribution in [1.29, 1.82) is 0 Å². The van der Waals surface area contributed by atoms with Crippen molar-refractivity contribution in [1.82, 2.24) is 0 Å². The molecular formula is C5H14Ge. The van der Waals surface area contributed by atoms with Crippen LogP contribution in [0.25, 0.3) is 0 Å². The Labute approximate surface area is 46.8 Å². The first-order valence-corrected chi connectivity index (χ1v) is 7.01. The zero-order chi connectivity index (χ0) is 5.21. The maximum atomic E-state index is 2.40. The molecule has 0 unspecified atom stereocenters. The van der Waals surface area contributed by atoms with E-state index in [2.05, 4.69) is 26.5 Å². The molecule has 0 nitrogen and oxygen atoms in total. The predicted octanol–water partition coefficient (Wildman–Crippen LogP) is 1.42. The number of hydrogen-bond donors (Lipinski definition) is 0. The van der Waals surface area contributed by atoms with Gasteiger partial charge < -0.3 is 0 Å². The van der Waals surface area contributed by atoms with Crippen LogP contribution >= 0.6 is 0 Å². The fourth-order valence-corrected chi connectivity index (χ4v) is 0. The SMILES string of the molecule is [CH3][GeH2][C](C)(C)C. The van der Waals surface area contributed by atoms with Crippen LogP contribution in [0.5, 0.6) is 0 Å². The van der Waals surface area contributed by atoms with Gasteiger partial charge in [-0.1, -0.05) is 0 Å². The molecule has 1 heteroatoms. The van der Waals surface area contributed by atoms with Crippen molar-refractivity contribution in [2.45, 2.75) is 30.8 Å². The van der Waals surface area contributed by atoms with Crippen LogP contribution in [0.15, 0.2) is 0 Å². The third-order valence-electron chi connectivity index (χ3n) is 1.06. The summed E-state index contributed by atoms with van der Waals surface area (Å²) in [5.74, 6) is 2.40. The summed E-state index contributed by atoms with van der Waals surface area (Å²) >= 11 is -0.104. The van der Waals surface area contributed by atoms with Crippen LogP contribution < -0.4 is 0 Å². The van der Waals surface area contributed by atoms with Crippen molar-refractivity contribution in [3.8, 4) is 0 Å². The molecule has 0 saturated carbocycles. The minimum atomic E-state index is -0.104. The van der Waals surface area contributed by atoms with E-state index in [0.717, 1.165) is 4.25 Å². The van der Waals surface area contributed by atoms with Crippen molar-refractivity contribution in [3.63, 3.8) is 0 Å². The Balaban J connectivity index is 3.17. The Morgan fingerprint density at radius 2 is 1.33 bits per heavy atom. The fourth-order valence-electron chi connectivity index (χ4n) is 0. The zero-order valence-corrected chi connectivity index (χ0v) is 8.17. The fraction of sp³-hybridized carbons (Fsp3) is 1.00. The average Bonchev–Trinajstić information content (AvgIpc) is 1.35. The van der Waals surface area contributed by atoms with Crippen molar-refractivity contribution in [2.24, 2.45) is 0 Å². The Hall–Kier alpha value is 0.543. The molecule has 0 atom stereocenters. The van der Waals surface area contributed by atoms with Crippen molar-refractivity contribution in [3.05, 3.63) is 0 Å². The second-order valence-electron chi connectivity index (χ2n) is 2.91. The van der Waals surface area contributed by atoms with Crippen molar-refractivity contribution < 1.29 is 0 Å². The topological polar surface area (TPSA) is 0 Å². The molecule has 0 saturated heterocycles. The Bertz CT molecular complexity index is 33.7. The third-order valence-corrected chi connectivity index (χ3v) is 5.51. The summed E-state index contributed by atoms with van der Waals surface area (Å²) in [6.07, 6.45) is 0. The van der Waals surface area contributed by atoms with Crippen molar-refractivity contribution >= 4 is 15.4 Å². The Morgan fingerprint density at radius 3 is 1.33 bits per heavy atom. The minimum absolute atomic E-state index is 0.104. The molecule has 38 valence electrons. The van der Waals surface area contributed by atoms with E-state index in [4.69, 9.17) is 0 Å². The van der Waals surface area contributed by atoms with Crippen LogP contribution in [-0.2, 0) is 0 Å². The van der Waals surface area contributed by atoms with Crippen LogP contribution in [0.4, 0.5) is 0 Å². The molecule has 6 heavy (non-hydrogen) atoms. The monoisotopic (exact) mass is 148 g/mol. The van der Waals surface area contributed by atoms with E-state index in [1.54, 1.807) is 0 Å². The molecule has 0 amide bonds. The Kier molecular flexibility index (Phi) is 2.19. The summed E-state index contributed by atoms with van der Waals surface area (Å²) in [6, 6.07) is 0. The first-order chi connectivity index (χ1) is 2.56. The normalized spacial score (nSPS) is 14.0. The van der Waals surface area contributed by atoms with E-state index < -0.39 is 0 Å². The van der Waals surface area contributed by atoms with Gasteiger partial charge in [0.25, 0.3) is 0 Å². The number of rotatable bonds is 0. The van der Waals surface area contributed by atoms with Crippen LogP contribution in [-0.4, -0.2) is 15.4 Å². The molecule has 0 aromatic heterocycles. The molecule has 0 heterocycles. The molecule has 0 aliphatic rings. The van der Waals surface area contributed by atoms with E-state index in [1.165, 1.54) is 0 Å². The Morgan fingerprint density at radius 1 is 1.17 bits per heavy atom. The van der Waals surface area contributed by atoms with Gasteiger partial charge in [-0.05, 0) is 0 Å². The van der Waals surface area contributed by atoms with E-state index in [-0.39, 0.29) is 15.4 Å². The van der Waals surface area contributed by atoms with Gasteiger partial charge in [0.05, 0.1) is 0 Å². The molecule has 0 aliphatic carbocycles. The molecule has 0 radical (unpaired) electrons. The second-order valence-corrected chi connectivity index (χ2v) is 8.85. The summed E-state index contributed by atoms with van der Waals surface area (Å²) in [4.78, 5) is 0. The molecule has 0 bridgehead atoms. The molecule has 0 rings (SSSR count). The zero-order valence-electron chi connectivity index (χ0n) is 5.21. The molecule has 0 fully saturated rings. The van der Waals surface area contributed by atoms with E-state index in [9.17, 15) is 0 Å². The molecule has 0 spiro atoms. The quantitative estimate of drug-likeness (QED) is 0.454. The first kappa shape index (κ1) is 6.54. The van der Waals surface area contributed by atoms with Crippen LogP contribution in [0.1, 0.15) is 20.8 Å². The second kappa shape index (κ2) is 2.01. The van der Waals surface area contributed by atoms with Gasteiger partial charge in [-0.2, -0.15) is 0 Å². The summed E-state index contributed by atoms with van der Waals surface area (Å²) in [5.41, 5.74) is 0. The average molecular weight is 147 g/mol. The van der Waals surface area contributed by atoms with Gasteiger partial charge in [0.2, 0.25) is 0 Å². The van der Waals surface area contributed by atoms with E-state index in [1.807, 2.05) is 0 Å². The van der Waals surface area contributed by atoms with E-state index in [0.29, 0.717) is 0 Å². The first-order valence-electron chi connectivity index (χ1n) is 2.56. The summed E-state index contributed by atoms with van der Waals surface area (Å²) in [5, 5.41) is 0.